The Morgan fingerprint density at radius 3 is 2.59 bits per heavy atom. The van der Waals surface area contributed by atoms with E-state index in [1.165, 1.54) is 0 Å². The van der Waals surface area contributed by atoms with Gasteiger partial charge in [0.15, 0.2) is 0 Å². The second kappa shape index (κ2) is 5.76. The smallest absolute Gasteiger partial charge is 0.231 e. The number of nitrogen functional groups attached to an aromatic ring is 1. The quantitative estimate of drug-likeness (QED) is 0.748. The molecule has 8 heteroatoms. The minimum Gasteiger partial charge on any atom is -0.368 e. The highest BCUT2D eigenvalue weighted by Crippen LogP contribution is 2.09. The molecule has 0 aliphatic carbocycles. The van der Waals surface area contributed by atoms with Crippen LogP contribution in [0, 0.1) is 0 Å². The molecule has 2 unspecified atom stereocenters. The molecule has 1 rings (SSSR count). The van der Waals surface area contributed by atoms with Crippen LogP contribution in [-0.4, -0.2) is 51.3 Å². The number of nitrogens with one attached hydrogen (secondary N) is 1. The van der Waals surface area contributed by atoms with Gasteiger partial charge in [0.2, 0.25) is 17.8 Å². The lowest BCUT2D eigenvalue weighted by molar-refractivity contribution is 0.678. The van der Waals surface area contributed by atoms with Gasteiger partial charge in [0, 0.05) is 42.9 Å². The summed E-state index contributed by atoms with van der Waals surface area (Å²) >= 11 is 0. The Labute approximate surface area is 103 Å². The lowest BCUT2D eigenvalue weighted by Gasteiger charge is -2.13. The Kier molecular flexibility index (Phi) is 4.62. The molecule has 96 valence electrons. The third kappa shape index (κ3) is 4.14. The summed E-state index contributed by atoms with van der Waals surface area (Å²) in [7, 11) is 2.76. The zero-order valence-electron chi connectivity index (χ0n) is 10.5. The summed E-state index contributed by atoms with van der Waals surface area (Å²) in [6.07, 6.45) is 1.67. The van der Waals surface area contributed by atoms with E-state index < -0.39 is 10.8 Å². The highest BCUT2D eigenvalue weighted by Gasteiger charge is 2.09. The lowest BCUT2D eigenvalue weighted by Crippen LogP contribution is -2.23. The fraction of sp³-hybridized carbons (Fsp3) is 0.667. The van der Waals surface area contributed by atoms with Crippen molar-refractivity contribution >= 4 is 28.6 Å². The van der Waals surface area contributed by atoms with Crippen molar-refractivity contribution in [3.63, 3.8) is 0 Å². The number of nitrogens with two attached hydrogens (primary N) is 1. The molecule has 7 nitrogen and oxygen atoms in total. The van der Waals surface area contributed by atoms with Crippen molar-refractivity contribution in [2.24, 2.45) is 0 Å². The number of aromatic nitrogens is 3. The topological polar surface area (TPSA) is 97.0 Å². The van der Waals surface area contributed by atoms with Crippen LogP contribution in [0.25, 0.3) is 0 Å². The molecular weight excluding hydrogens is 240 g/mol. The Bertz CT molecular complexity index is 410. The van der Waals surface area contributed by atoms with E-state index in [0.29, 0.717) is 18.4 Å². The second-order valence-corrected chi connectivity index (χ2v) is 5.70. The van der Waals surface area contributed by atoms with Crippen molar-refractivity contribution in [3.8, 4) is 0 Å². The Morgan fingerprint density at radius 1 is 1.41 bits per heavy atom. The Morgan fingerprint density at radius 2 is 2.06 bits per heavy atom. The van der Waals surface area contributed by atoms with Crippen LogP contribution in [0.3, 0.4) is 0 Å². The van der Waals surface area contributed by atoms with Crippen LogP contribution in [-0.2, 0) is 10.8 Å². The van der Waals surface area contributed by atoms with Crippen molar-refractivity contribution in [3.05, 3.63) is 0 Å². The van der Waals surface area contributed by atoms with Gasteiger partial charge in [0.05, 0.1) is 0 Å². The maximum absolute atomic E-state index is 11.2. The number of hydrogen-bond acceptors (Lipinski definition) is 7. The standard InChI is InChI=1S/C9H18N6OS/c1-6(17(4)16)5-11-8-12-7(10)13-9(14-8)15(2)3/h6H,5H2,1-4H3,(H3,10,11,12,13,14). The molecule has 2 atom stereocenters. The first-order valence-electron chi connectivity index (χ1n) is 5.15. The summed E-state index contributed by atoms with van der Waals surface area (Å²) in [5.74, 6) is 1.06. The van der Waals surface area contributed by atoms with Gasteiger partial charge in [-0.15, -0.1) is 0 Å². The molecule has 1 aromatic rings. The summed E-state index contributed by atoms with van der Waals surface area (Å²) in [5, 5.41) is 3.02. The molecule has 0 amide bonds. The fourth-order valence-corrected chi connectivity index (χ4v) is 1.33. The molecule has 0 bridgehead atoms. The normalized spacial score (nSPS) is 14.1. The number of anilines is 3. The van der Waals surface area contributed by atoms with Crippen molar-refractivity contribution < 1.29 is 4.21 Å². The molecule has 0 aromatic carbocycles. The second-order valence-electron chi connectivity index (χ2n) is 3.90. The van der Waals surface area contributed by atoms with Gasteiger partial charge < -0.3 is 16.0 Å². The number of nitrogens with zero attached hydrogens (tertiary/aromatic N) is 4. The first kappa shape index (κ1) is 13.6. The lowest BCUT2D eigenvalue weighted by atomic mass is 10.5. The molecule has 0 saturated heterocycles. The fourth-order valence-electron chi connectivity index (χ4n) is 1.01. The van der Waals surface area contributed by atoms with Crippen LogP contribution in [0.5, 0.6) is 0 Å². The summed E-state index contributed by atoms with van der Waals surface area (Å²) in [4.78, 5) is 13.9. The zero-order valence-corrected chi connectivity index (χ0v) is 11.3. The van der Waals surface area contributed by atoms with E-state index in [2.05, 4.69) is 20.3 Å². The van der Waals surface area contributed by atoms with E-state index in [9.17, 15) is 4.21 Å². The van der Waals surface area contributed by atoms with E-state index in [1.54, 1.807) is 11.2 Å². The Balaban J connectivity index is 2.74. The van der Waals surface area contributed by atoms with Crippen LogP contribution in [0.1, 0.15) is 6.92 Å². The highest BCUT2D eigenvalue weighted by atomic mass is 32.2. The zero-order chi connectivity index (χ0) is 13.0. The predicted molar refractivity (Wildman–Crippen MR) is 70.6 cm³/mol. The average molecular weight is 258 g/mol. The van der Waals surface area contributed by atoms with Gasteiger partial charge in [0.25, 0.3) is 0 Å². The molecule has 0 fully saturated rings. The van der Waals surface area contributed by atoms with E-state index in [4.69, 9.17) is 5.73 Å². The van der Waals surface area contributed by atoms with Crippen molar-refractivity contribution in [2.45, 2.75) is 12.2 Å². The first-order valence-corrected chi connectivity index (χ1v) is 6.77. The minimum atomic E-state index is -0.879. The van der Waals surface area contributed by atoms with Gasteiger partial charge >= 0.3 is 0 Å². The molecule has 1 heterocycles. The molecule has 0 spiro atoms. The van der Waals surface area contributed by atoms with E-state index in [-0.39, 0.29) is 11.2 Å². The molecule has 1 aromatic heterocycles. The molecule has 0 aliphatic heterocycles. The van der Waals surface area contributed by atoms with Crippen LogP contribution >= 0.6 is 0 Å². The van der Waals surface area contributed by atoms with Crippen molar-refractivity contribution in [1.82, 2.24) is 15.0 Å². The van der Waals surface area contributed by atoms with Crippen molar-refractivity contribution in [1.29, 1.82) is 0 Å². The molecule has 0 radical (unpaired) electrons. The summed E-state index contributed by atoms with van der Waals surface area (Å²) in [6.45, 7) is 2.42. The largest absolute Gasteiger partial charge is 0.368 e. The molecular formula is C9H18N6OS. The number of hydrogen-bond donors (Lipinski definition) is 2. The van der Waals surface area contributed by atoms with E-state index in [0.717, 1.165) is 0 Å². The summed E-state index contributed by atoms with van der Waals surface area (Å²) in [5.41, 5.74) is 5.57. The molecule has 0 aliphatic rings. The maximum Gasteiger partial charge on any atom is 0.231 e. The van der Waals surface area contributed by atoms with Gasteiger partial charge in [-0.1, -0.05) is 0 Å². The first-order chi connectivity index (χ1) is 7.90. The highest BCUT2D eigenvalue weighted by molar-refractivity contribution is 7.84. The predicted octanol–water partition coefficient (Wildman–Crippen LogP) is -0.301. The maximum atomic E-state index is 11.2. The van der Waals surface area contributed by atoms with Gasteiger partial charge in [0.1, 0.15) is 0 Å². The van der Waals surface area contributed by atoms with E-state index >= 15 is 0 Å². The van der Waals surface area contributed by atoms with Gasteiger partial charge in [-0.05, 0) is 6.92 Å². The van der Waals surface area contributed by atoms with Crippen LogP contribution in [0.15, 0.2) is 0 Å². The molecule has 17 heavy (non-hydrogen) atoms. The summed E-state index contributed by atoms with van der Waals surface area (Å²) in [6, 6.07) is 0. The Hall–Kier alpha value is -1.44. The van der Waals surface area contributed by atoms with Crippen LogP contribution in [0.2, 0.25) is 0 Å². The molecule has 0 saturated carbocycles. The minimum absolute atomic E-state index is 0.0239. The monoisotopic (exact) mass is 258 g/mol. The third-order valence-corrected chi connectivity index (χ3v) is 3.46. The third-order valence-electron chi connectivity index (χ3n) is 2.16. The van der Waals surface area contributed by atoms with Crippen LogP contribution < -0.4 is 16.0 Å². The average Bonchev–Trinajstić information content (AvgIpc) is 2.24. The van der Waals surface area contributed by atoms with Gasteiger partial charge in [-0.25, -0.2) is 0 Å². The van der Waals surface area contributed by atoms with Crippen molar-refractivity contribution in [2.75, 3.05) is 42.8 Å². The summed E-state index contributed by atoms with van der Waals surface area (Å²) < 4.78 is 11.2. The van der Waals surface area contributed by atoms with Crippen LogP contribution in [0.4, 0.5) is 17.8 Å². The number of rotatable bonds is 5. The molecule has 3 N–H and O–H groups in total. The van der Waals surface area contributed by atoms with Gasteiger partial charge in [-0.2, -0.15) is 15.0 Å². The SMILES string of the molecule is CC(CNc1nc(N)nc(N(C)C)n1)S(C)=O. The van der Waals surface area contributed by atoms with E-state index in [1.807, 2.05) is 21.0 Å². The van der Waals surface area contributed by atoms with Gasteiger partial charge in [-0.3, -0.25) is 4.21 Å².